The molecule has 31 heavy (non-hydrogen) atoms. The molecule has 6 atom stereocenters. The van der Waals surface area contributed by atoms with Crippen LogP contribution in [0.2, 0.25) is 0 Å². The molecular weight excluding hydrogens is 384 g/mol. The van der Waals surface area contributed by atoms with Crippen molar-refractivity contribution in [3.63, 3.8) is 0 Å². The van der Waals surface area contributed by atoms with Gasteiger partial charge in [-0.25, -0.2) is 0 Å². The molecule has 2 saturated carbocycles. The van der Waals surface area contributed by atoms with Gasteiger partial charge in [0.1, 0.15) is 6.10 Å². The van der Waals surface area contributed by atoms with Crippen molar-refractivity contribution < 1.29 is 14.3 Å². The van der Waals surface area contributed by atoms with E-state index in [1.165, 1.54) is 18.9 Å². The van der Waals surface area contributed by atoms with Gasteiger partial charge in [-0.15, -0.1) is 0 Å². The number of hydrogen-bond acceptors (Lipinski definition) is 3. The Morgan fingerprint density at radius 3 is 2.42 bits per heavy atom. The van der Waals surface area contributed by atoms with E-state index in [2.05, 4.69) is 26.0 Å². The zero-order chi connectivity index (χ0) is 21.8. The van der Waals surface area contributed by atoms with Crippen LogP contribution in [0.25, 0.3) is 0 Å². The van der Waals surface area contributed by atoms with Crippen molar-refractivity contribution in [2.75, 3.05) is 0 Å². The van der Waals surface area contributed by atoms with Crippen molar-refractivity contribution in [2.45, 2.75) is 71.8 Å². The standard InChI is InChI=1S/C28H34O3/c1-18(29)31-21-13-15-27(2)20(17-21)9-10-22-23-11-12-25(28(23,3)16-14-24(22)27)26(30)19-7-5-4-6-8-19/h4-9,12,21-24H,10-11,13-17H2,1-3H3/t21-,22+,23-,24+,27-,28-/m1/s1. The molecule has 0 amide bonds. The molecule has 1 aromatic rings. The Balaban J connectivity index is 1.39. The highest BCUT2D eigenvalue weighted by molar-refractivity contribution is 6.09. The van der Waals surface area contributed by atoms with E-state index in [0.29, 0.717) is 17.8 Å². The number of ether oxygens (including phenoxy) is 1. The predicted molar refractivity (Wildman–Crippen MR) is 121 cm³/mol. The molecule has 2 fully saturated rings. The molecule has 0 unspecified atom stereocenters. The monoisotopic (exact) mass is 418 g/mol. The van der Waals surface area contributed by atoms with Crippen LogP contribution < -0.4 is 0 Å². The summed E-state index contributed by atoms with van der Waals surface area (Å²) in [5, 5.41) is 0. The van der Waals surface area contributed by atoms with Crippen LogP contribution in [-0.2, 0) is 9.53 Å². The van der Waals surface area contributed by atoms with Crippen LogP contribution in [-0.4, -0.2) is 17.9 Å². The Kier molecular flexibility index (Phi) is 4.99. The summed E-state index contributed by atoms with van der Waals surface area (Å²) in [6.07, 6.45) is 12.2. The van der Waals surface area contributed by atoms with Gasteiger partial charge in [0.25, 0.3) is 0 Å². The molecule has 0 saturated heterocycles. The SMILES string of the molecule is CC(=O)O[C@@H]1CC[C@]2(C)C(=CC[C@H]3[C@H]4CC=C(C(=O)c5ccccc5)[C@]4(C)CC[C@@H]32)C1. The number of carbonyl (C=O) groups is 2. The molecule has 4 aliphatic rings. The maximum Gasteiger partial charge on any atom is 0.302 e. The summed E-state index contributed by atoms with van der Waals surface area (Å²) >= 11 is 0. The first kappa shape index (κ1) is 20.7. The molecule has 164 valence electrons. The lowest BCUT2D eigenvalue weighted by atomic mass is 9.47. The van der Waals surface area contributed by atoms with Gasteiger partial charge in [-0.05, 0) is 67.1 Å². The van der Waals surface area contributed by atoms with E-state index in [1.807, 2.05) is 30.3 Å². The predicted octanol–water partition coefficient (Wildman–Crippen LogP) is 6.30. The average Bonchev–Trinajstić information content (AvgIpc) is 3.11. The average molecular weight is 419 g/mol. The van der Waals surface area contributed by atoms with Crippen LogP contribution in [0.4, 0.5) is 0 Å². The van der Waals surface area contributed by atoms with Gasteiger partial charge in [0.2, 0.25) is 0 Å². The Hall–Kier alpha value is -2.16. The second kappa shape index (κ2) is 7.46. The molecule has 0 N–H and O–H groups in total. The highest BCUT2D eigenvalue weighted by Crippen LogP contribution is 2.65. The number of ketones is 1. The molecule has 3 heteroatoms. The number of carbonyl (C=O) groups excluding carboxylic acids is 2. The number of rotatable bonds is 3. The van der Waals surface area contributed by atoms with Gasteiger partial charge < -0.3 is 4.74 Å². The van der Waals surface area contributed by atoms with Crippen molar-refractivity contribution in [3.8, 4) is 0 Å². The highest BCUT2D eigenvalue weighted by atomic mass is 16.5. The van der Waals surface area contributed by atoms with Gasteiger partial charge in [-0.2, -0.15) is 0 Å². The fourth-order valence-electron chi connectivity index (χ4n) is 7.63. The number of benzene rings is 1. The second-order valence-electron chi connectivity index (χ2n) is 10.7. The van der Waals surface area contributed by atoms with E-state index in [4.69, 9.17) is 4.74 Å². The van der Waals surface area contributed by atoms with Gasteiger partial charge in [-0.1, -0.05) is 61.9 Å². The Morgan fingerprint density at radius 2 is 1.68 bits per heavy atom. The largest absolute Gasteiger partial charge is 0.462 e. The third-order valence-corrected chi connectivity index (χ3v) is 9.25. The van der Waals surface area contributed by atoms with E-state index >= 15 is 0 Å². The number of hydrogen-bond donors (Lipinski definition) is 0. The van der Waals surface area contributed by atoms with E-state index in [0.717, 1.165) is 49.7 Å². The molecule has 5 rings (SSSR count). The summed E-state index contributed by atoms with van der Waals surface area (Å²) in [7, 11) is 0. The van der Waals surface area contributed by atoms with E-state index < -0.39 is 0 Å². The van der Waals surface area contributed by atoms with Gasteiger partial charge >= 0.3 is 5.97 Å². The topological polar surface area (TPSA) is 43.4 Å². The first-order chi connectivity index (χ1) is 14.8. The molecule has 0 aromatic heterocycles. The fourth-order valence-corrected chi connectivity index (χ4v) is 7.63. The molecule has 3 nitrogen and oxygen atoms in total. The van der Waals surface area contributed by atoms with Crippen LogP contribution in [0.15, 0.2) is 53.6 Å². The summed E-state index contributed by atoms with van der Waals surface area (Å²) < 4.78 is 5.56. The maximum absolute atomic E-state index is 13.4. The lowest BCUT2D eigenvalue weighted by molar-refractivity contribution is -0.148. The summed E-state index contributed by atoms with van der Waals surface area (Å²) in [6.45, 7) is 6.33. The minimum atomic E-state index is -0.163. The van der Waals surface area contributed by atoms with Gasteiger partial charge in [-0.3, -0.25) is 9.59 Å². The minimum Gasteiger partial charge on any atom is -0.462 e. The summed E-state index contributed by atoms with van der Waals surface area (Å²) in [6, 6.07) is 9.78. The third kappa shape index (κ3) is 3.23. The first-order valence-corrected chi connectivity index (χ1v) is 12.0. The first-order valence-electron chi connectivity index (χ1n) is 12.0. The molecule has 0 bridgehead atoms. The number of fused-ring (bicyclic) bond motifs is 5. The van der Waals surface area contributed by atoms with Crippen molar-refractivity contribution >= 4 is 11.8 Å². The summed E-state index contributed by atoms with van der Waals surface area (Å²) in [5.41, 5.74) is 3.60. The lowest BCUT2D eigenvalue weighted by Gasteiger charge is -2.57. The Morgan fingerprint density at radius 1 is 0.935 bits per heavy atom. The van der Waals surface area contributed by atoms with Crippen LogP contribution >= 0.6 is 0 Å². The van der Waals surface area contributed by atoms with Gasteiger partial charge in [0.05, 0.1) is 0 Å². The highest BCUT2D eigenvalue weighted by Gasteiger charge is 2.57. The zero-order valence-electron chi connectivity index (χ0n) is 19.0. The molecule has 1 aromatic carbocycles. The van der Waals surface area contributed by atoms with E-state index in [1.54, 1.807) is 0 Å². The molecule has 0 aliphatic heterocycles. The minimum absolute atomic E-state index is 0.00919. The van der Waals surface area contributed by atoms with E-state index in [9.17, 15) is 9.59 Å². The molecule has 0 heterocycles. The number of esters is 1. The fraction of sp³-hybridized carbons (Fsp3) is 0.571. The van der Waals surface area contributed by atoms with Crippen molar-refractivity contribution in [1.29, 1.82) is 0 Å². The number of allylic oxidation sites excluding steroid dienone is 3. The van der Waals surface area contributed by atoms with Crippen molar-refractivity contribution in [3.05, 3.63) is 59.2 Å². The van der Waals surface area contributed by atoms with Crippen LogP contribution in [0.5, 0.6) is 0 Å². The van der Waals surface area contributed by atoms with Crippen molar-refractivity contribution in [1.82, 2.24) is 0 Å². The van der Waals surface area contributed by atoms with Gasteiger partial charge in [0.15, 0.2) is 5.78 Å². The zero-order valence-corrected chi connectivity index (χ0v) is 19.0. The van der Waals surface area contributed by atoms with Crippen LogP contribution in [0.3, 0.4) is 0 Å². The quantitative estimate of drug-likeness (QED) is 0.329. The summed E-state index contributed by atoms with van der Waals surface area (Å²) in [4.78, 5) is 24.8. The maximum atomic E-state index is 13.4. The third-order valence-electron chi connectivity index (χ3n) is 9.25. The van der Waals surface area contributed by atoms with E-state index in [-0.39, 0.29) is 28.7 Å². The second-order valence-corrected chi connectivity index (χ2v) is 10.7. The van der Waals surface area contributed by atoms with Gasteiger partial charge in [0, 0.05) is 24.5 Å². The molecule has 0 spiro atoms. The van der Waals surface area contributed by atoms with Crippen molar-refractivity contribution in [2.24, 2.45) is 28.6 Å². The Labute approximate surface area is 185 Å². The molecule has 4 aliphatic carbocycles. The van der Waals surface area contributed by atoms with Crippen LogP contribution in [0, 0.1) is 28.6 Å². The number of Topliss-reactive ketones (excluding diaryl/α,β-unsaturated/α-hetero) is 1. The normalized spacial score (nSPS) is 38.8. The molecule has 0 radical (unpaired) electrons. The smallest absolute Gasteiger partial charge is 0.302 e. The molecular formula is C28H34O3. The lowest BCUT2D eigenvalue weighted by Crippen LogP contribution is -2.50. The summed E-state index contributed by atoms with van der Waals surface area (Å²) in [5.74, 6) is 1.92. The Bertz CT molecular complexity index is 958. The van der Waals surface area contributed by atoms with Crippen LogP contribution in [0.1, 0.15) is 76.1 Å².